The zero-order valence-corrected chi connectivity index (χ0v) is 14.3. The third-order valence-corrected chi connectivity index (χ3v) is 3.78. The number of anilines is 1. The minimum absolute atomic E-state index is 0.317. The third-order valence-electron chi connectivity index (χ3n) is 3.21. The molecule has 2 amide bonds. The highest BCUT2D eigenvalue weighted by Gasteiger charge is 2.14. The van der Waals surface area contributed by atoms with Gasteiger partial charge in [-0.3, -0.25) is 9.59 Å². The van der Waals surface area contributed by atoms with Gasteiger partial charge in [0.05, 0.1) is 10.7 Å². The standard InChI is InChI=1S/C15H21Cl2N3O2/c1-3-20(4-2)9-5-8-18-14(21)15(22)19-13-10-11(16)6-7-12(13)17/h6-7,10H,3-5,8-9H2,1-2H3,(H,18,21)(H,19,22). The van der Waals surface area contributed by atoms with Crippen molar-refractivity contribution < 1.29 is 9.59 Å². The van der Waals surface area contributed by atoms with Crippen LogP contribution in [0.25, 0.3) is 0 Å². The van der Waals surface area contributed by atoms with E-state index in [1.807, 2.05) is 0 Å². The highest BCUT2D eigenvalue weighted by atomic mass is 35.5. The molecule has 5 nitrogen and oxygen atoms in total. The number of amides is 2. The first kappa shape index (κ1) is 18.7. The summed E-state index contributed by atoms with van der Waals surface area (Å²) in [6, 6.07) is 4.66. The van der Waals surface area contributed by atoms with Gasteiger partial charge in [-0.1, -0.05) is 37.0 Å². The van der Waals surface area contributed by atoms with Gasteiger partial charge >= 0.3 is 11.8 Å². The summed E-state index contributed by atoms with van der Waals surface area (Å²) >= 11 is 11.8. The lowest BCUT2D eigenvalue weighted by atomic mass is 10.3. The molecule has 7 heteroatoms. The van der Waals surface area contributed by atoms with Gasteiger partial charge in [-0.25, -0.2) is 0 Å². The van der Waals surface area contributed by atoms with Crippen LogP contribution in [0.2, 0.25) is 10.0 Å². The van der Waals surface area contributed by atoms with Crippen molar-refractivity contribution in [3.63, 3.8) is 0 Å². The Hall–Kier alpha value is -1.30. The molecule has 0 bridgehead atoms. The summed E-state index contributed by atoms with van der Waals surface area (Å²) in [5.74, 6) is -1.44. The first-order valence-electron chi connectivity index (χ1n) is 7.24. The summed E-state index contributed by atoms with van der Waals surface area (Å²) in [4.78, 5) is 25.7. The smallest absolute Gasteiger partial charge is 0.313 e. The molecule has 0 saturated carbocycles. The Morgan fingerprint density at radius 2 is 1.82 bits per heavy atom. The van der Waals surface area contributed by atoms with Crippen molar-refractivity contribution in [1.29, 1.82) is 0 Å². The SMILES string of the molecule is CCN(CC)CCCNC(=O)C(=O)Nc1cc(Cl)ccc1Cl. The Balaban J connectivity index is 2.39. The Labute approximate surface area is 141 Å². The van der Waals surface area contributed by atoms with E-state index < -0.39 is 11.8 Å². The minimum Gasteiger partial charge on any atom is -0.348 e. The second-order valence-corrected chi connectivity index (χ2v) is 5.56. The summed E-state index contributed by atoms with van der Waals surface area (Å²) in [6.07, 6.45) is 0.790. The van der Waals surface area contributed by atoms with E-state index in [0.29, 0.717) is 22.3 Å². The van der Waals surface area contributed by atoms with Crippen molar-refractivity contribution in [2.75, 3.05) is 31.5 Å². The van der Waals surface area contributed by atoms with E-state index in [-0.39, 0.29) is 0 Å². The molecule has 1 aromatic carbocycles. The van der Waals surface area contributed by atoms with Crippen molar-refractivity contribution in [2.24, 2.45) is 0 Å². The predicted molar refractivity (Wildman–Crippen MR) is 90.5 cm³/mol. The third kappa shape index (κ3) is 6.22. The molecule has 2 N–H and O–H groups in total. The molecule has 0 spiro atoms. The van der Waals surface area contributed by atoms with Crippen LogP contribution < -0.4 is 10.6 Å². The highest BCUT2D eigenvalue weighted by Crippen LogP contribution is 2.25. The van der Waals surface area contributed by atoms with Crippen LogP contribution >= 0.6 is 23.2 Å². The van der Waals surface area contributed by atoms with Gasteiger partial charge in [0.15, 0.2) is 0 Å². The fourth-order valence-corrected chi connectivity index (χ4v) is 2.23. The number of hydrogen-bond donors (Lipinski definition) is 2. The Bertz CT molecular complexity index is 520. The van der Waals surface area contributed by atoms with E-state index in [9.17, 15) is 9.59 Å². The molecule has 0 aromatic heterocycles. The lowest BCUT2D eigenvalue weighted by Gasteiger charge is -2.17. The number of halogens is 2. The van der Waals surface area contributed by atoms with Crippen LogP contribution in [0.5, 0.6) is 0 Å². The van der Waals surface area contributed by atoms with Crippen LogP contribution in [0.4, 0.5) is 5.69 Å². The molecular formula is C15H21Cl2N3O2. The predicted octanol–water partition coefficient (Wildman–Crippen LogP) is 2.78. The molecular weight excluding hydrogens is 325 g/mol. The number of rotatable bonds is 7. The normalized spacial score (nSPS) is 10.6. The van der Waals surface area contributed by atoms with Crippen LogP contribution in [0, 0.1) is 0 Å². The number of carbonyl (C=O) groups excluding carboxylic acids is 2. The van der Waals surface area contributed by atoms with Crippen molar-refractivity contribution in [1.82, 2.24) is 10.2 Å². The van der Waals surface area contributed by atoms with Gasteiger partial charge in [-0.2, -0.15) is 0 Å². The van der Waals surface area contributed by atoms with Crippen LogP contribution in [0.1, 0.15) is 20.3 Å². The molecule has 1 aromatic rings. The maximum absolute atomic E-state index is 11.8. The molecule has 1 rings (SSSR count). The largest absolute Gasteiger partial charge is 0.348 e. The molecule has 0 aliphatic heterocycles. The number of nitrogens with one attached hydrogen (secondary N) is 2. The molecule has 0 atom stereocenters. The van der Waals surface area contributed by atoms with Crippen molar-refractivity contribution >= 4 is 40.7 Å². The van der Waals surface area contributed by atoms with Crippen molar-refractivity contribution in [2.45, 2.75) is 20.3 Å². The number of nitrogens with zero attached hydrogens (tertiary/aromatic N) is 1. The molecule has 0 aliphatic carbocycles. The van der Waals surface area contributed by atoms with E-state index in [4.69, 9.17) is 23.2 Å². The van der Waals surface area contributed by atoms with Crippen LogP contribution in [-0.4, -0.2) is 42.9 Å². The van der Waals surface area contributed by atoms with Gasteiger partial charge in [0.2, 0.25) is 0 Å². The van der Waals surface area contributed by atoms with E-state index in [2.05, 4.69) is 29.4 Å². The minimum atomic E-state index is -0.757. The Morgan fingerprint density at radius 1 is 1.14 bits per heavy atom. The quantitative estimate of drug-likeness (QED) is 0.590. The zero-order valence-electron chi connectivity index (χ0n) is 12.8. The topological polar surface area (TPSA) is 61.4 Å². The van der Waals surface area contributed by atoms with E-state index >= 15 is 0 Å². The van der Waals surface area contributed by atoms with E-state index in [1.165, 1.54) is 6.07 Å². The zero-order chi connectivity index (χ0) is 16.5. The molecule has 0 heterocycles. The lowest BCUT2D eigenvalue weighted by Crippen LogP contribution is -2.37. The maximum Gasteiger partial charge on any atom is 0.313 e. The Morgan fingerprint density at radius 3 is 2.45 bits per heavy atom. The van der Waals surface area contributed by atoms with E-state index in [1.54, 1.807) is 12.1 Å². The summed E-state index contributed by atoms with van der Waals surface area (Å²) in [5.41, 5.74) is 0.317. The van der Waals surface area contributed by atoms with Crippen LogP contribution in [-0.2, 0) is 9.59 Å². The van der Waals surface area contributed by atoms with Gasteiger partial charge in [-0.05, 0) is 44.3 Å². The molecule has 22 heavy (non-hydrogen) atoms. The first-order valence-corrected chi connectivity index (χ1v) is 8.00. The first-order chi connectivity index (χ1) is 10.5. The second-order valence-electron chi connectivity index (χ2n) is 4.71. The summed E-state index contributed by atoms with van der Waals surface area (Å²) in [6.45, 7) is 7.45. The molecule has 0 fully saturated rings. The van der Waals surface area contributed by atoms with Crippen LogP contribution in [0.15, 0.2) is 18.2 Å². The lowest BCUT2D eigenvalue weighted by molar-refractivity contribution is -0.136. The van der Waals surface area contributed by atoms with Crippen molar-refractivity contribution in [3.8, 4) is 0 Å². The summed E-state index contributed by atoms with van der Waals surface area (Å²) in [7, 11) is 0. The van der Waals surface area contributed by atoms with Crippen molar-refractivity contribution in [3.05, 3.63) is 28.2 Å². The average molecular weight is 346 g/mol. The molecule has 0 saturated heterocycles. The molecule has 0 aliphatic rings. The monoisotopic (exact) mass is 345 g/mol. The second kappa shape index (κ2) is 9.66. The average Bonchev–Trinajstić information content (AvgIpc) is 2.50. The van der Waals surface area contributed by atoms with Gasteiger partial charge in [0, 0.05) is 11.6 Å². The number of carbonyl (C=O) groups is 2. The molecule has 0 radical (unpaired) electrons. The molecule has 122 valence electrons. The van der Waals surface area contributed by atoms with Gasteiger partial charge in [0.1, 0.15) is 0 Å². The number of benzene rings is 1. The van der Waals surface area contributed by atoms with Gasteiger partial charge in [-0.15, -0.1) is 0 Å². The number of hydrogen-bond acceptors (Lipinski definition) is 3. The maximum atomic E-state index is 11.8. The Kier molecular flexibility index (Phi) is 8.24. The highest BCUT2D eigenvalue weighted by molar-refractivity contribution is 6.42. The summed E-state index contributed by atoms with van der Waals surface area (Å²) in [5, 5.41) is 5.79. The summed E-state index contributed by atoms with van der Waals surface area (Å²) < 4.78 is 0. The van der Waals surface area contributed by atoms with Gasteiger partial charge in [0.25, 0.3) is 0 Å². The van der Waals surface area contributed by atoms with E-state index in [0.717, 1.165) is 26.1 Å². The van der Waals surface area contributed by atoms with Gasteiger partial charge < -0.3 is 15.5 Å². The fraction of sp³-hybridized carbons (Fsp3) is 0.467. The van der Waals surface area contributed by atoms with Crippen LogP contribution in [0.3, 0.4) is 0 Å². The molecule has 0 unspecified atom stereocenters. The fourth-order valence-electron chi connectivity index (χ4n) is 1.90.